The molecule has 1 fully saturated rings. The van der Waals surface area contributed by atoms with Gasteiger partial charge in [-0.25, -0.2) is 0 Å². The largest absolute Gasteiger partial charge is 0.379 e. The number of nitrogens with one attached hydrogen (secondary N) is 1. The molecule has 4 nitrogen and oxygen atoms in total. The SMILES string of the molecule is c1ccc(/C(=N\CCN2CCOCC2)NP(c2ccccc2)c2ccccc2)cc1. The van der Waals surface area contributed by atoms with Gasteiger partial charge in [0, 0.05) is 35.8 Å². The van der Waals surface area contributed by atoms with E-state index in [4.69, 9.17) is 9.73 Å². The number of benzene rings is 3. The molecule has 0 aliphatic carbocycles. The van der Waals surface area contributed by atoms with Gasteiger partial charge in [0.05, 0.1) is 27.8 Å². The van der Waals surface area contributed by atoms with Crippen molar-refractivity contribution in [2.75, 3.05) is 39.4 Å². The van der Waals surface area contributed by atoms with Gasteiger partial charge >= 0.3 is 0 Å². The number of aliphatic imine (C=N–C) groups is 1. The second-order valence-electron chi connectivity index (χ2n) is 7.17. The summed E-state index contributed by atoms with van der Waals surface area (Å²) in [5, 5.41) is 6.39. The van der Waals surface area contributed by atoms with Gasteiger partial charge in [-0.15, -0.1) is 0 Å². The van der Waals surface area contributed by atoms with Gasteiger partial charge in [-0.05, 0) is 0 Å². The van der Waals surface area contributed by atoms with Gasteiger partial charge in [0.2, 0.25) is 0 Å². The Balaban J connectivity index is 1.59. The van der Waals surface area contributed by atoms with Crippen molar-refractivity contribution in [2.45, 2.75) is 0 Å². The van der Waals surface area contributed by atoms with E-state index in [9.17, 15) is 0 Å². The highest BCUT2D eigenvalue weighted by Crippen LogP contribution is 2.29. The smallest absolute Gasteiger partial charge is 0.132 e. The fraction of sp³-hybridized carbons (Fsp3) is 0.240. The lowest BCUT2D eigenvalue weighted by atomic mass is 10.2. The molecule has 1 heterocycles. The molecule has 0 aromatic heterocycles. The summed E-state index contributed by atoms with van der Waals surface area (Å²) in [7, 11) is -0.759. The number of morpholine rings is 1. The maximum atomic E-state index is 5.46. The Morgan fingerprint density at radius 2 is 1.33 bits per heavy atom. The van der Waals surface area contributed by atoms with Crippen LogP contribution in [0.4, 0.5) is 0 Å². The van der Waals surface area contributed by atoms with Gasteiger partial charge in [0.15, 0.2) is 0 Å². The van der Waals surface area contributed by atoms with Crippen molar-refractivity contribution in [3.05, 3.63) is 96.6 Å². The molecule has 3 aromatic carbocycles. The topological polar surface area (TPSA) is 36.9 Å². The molecule has 5 heteroatoms. The van der Waals surface area contributed by atoms with Crippen molar-refractivity contribution in [1.29, 1.82) is 0 Å². The zero-order valence-electron chi connectivity index (χ0n) is 17.2. The van der Waals surface area contributed by atoms with Crippen molar-refractivity contribution < 1.29 is 4.74 Å². The van der Waals surface area contributed by atoms with E-state index in [0.717, 1.165) is 50.8 Å². The molecular formula is C25H28N3OP. The van der Waals surface area contributed by atoms with Crippen molar-refractivity contribution in [3.63, 3.8) is 0 Å². The van der Waals surface area contributed by atoms with Crippen LogP contribution in [0.15, 0.2) is 96.0 Å². The van der Waals surface area contributed by atoms with Gasteiger partial charge in [-0.2, -0.15) is 0 Å². The number of nitrogens with zero attached hydrogens (tertiary/aromatic N) is 2. The van der Waals surface area contributed by atoms with E-state index in [1.807, 2.05) is 6.07 Å². The summed E-state index contributed by atoms with van der Waals surface area (Å²) in [4.78, 5) is 7.44. The Hall–Kier alpha value is -2.52. The molecule has 4 rings (SSSR count). The highest BCUT2D eigenvalue weighted by atomic mass is 31.1. The average molecular weight is 417 g/mol. The van der Waals surface area contributed by atoms with Crippen LogP contribution < -0.4 is 15.7 Å². The predicted octanol–water partition coefficient (Wildman–Crippen LogP) is 3.40. The maximum absolute atomic E-state index is 5.46. The Bertz CT molecular complexity index is 873. The van der Waals surface area contributed by atoms with Crippen LogP contribution in [0, 0.1) is 0 Å². The van der Waals surface area contributed by atoms with Gasteiger partial charge in [-0.3, -0.25) is 9.89 Å². The number of ether oxygens (including phenoxy) is 1. The van der Waals surface area contributed by atoms with Crippen LogP contribution in [-0.4, -0.2) is 50.1 Å². The molecule has 0 saturated carbocycles. The number of hydrogen-bond donors (Lipinski definition) is 1. The van der Waals surface area contributed by atoms with E-state index in [-0.39, 0.29) is 0 Å². The first-order chi connectivity index (χ1) is 14.9. The normalized spacial score (nSPS) is 15.3. The summed E-state index contributed by atoms with van der Waals surface area (Å²) in [5.41, 5.74) is 1.12. The minimum absolute atomic E-state index is 0.759. The van der Waals surface area contributed by atoms with Gasteiger partial charge in [0.1, 0.15) is 5.84 Å². The zero-order chi connectivity index (χ0) is 20.4. The van der Waals surface area contributed by atoms with Crippen LogP contribution in [0.5, 0.6) is 0 Å². The fourth-order valence-electron chi connectivity index (χ4n) is 3.45. The monoisotopic (exact) mass is 417 g/mol. The Morgan fingerprint density at radius 1 is 0.800 bits per heavy atom. The molecule has 0 atom stereocenters. The molecule has 0 amide bonds. The Kier molecular flexibility index (Phi) is 7.63. The third-order valence-electron chi connectivity index (χ3n) is 5.08. The highest BCUT2D eigenvalue weighted by Gasteiger charge is 2.17. The predicted molar refractivity (Wildman–Crippen MR) is 127 cm³/mol. The second-order valence-corrected chi connectivity index (χ2v) is 9.10. The van der Waals surface area contributed by atoms with E-state index in [0.29, 0.717) is 0 Å². The van der Waals surface area contributed by atoms with Crippen LogP contribution in [0.2, 0.25) is 0 Å². The molecular weight excluding hydrogens is 389 g/mol. The Morgan fingerprint density at radius 3 is 1.90 bits per heavy atom. The molecule has 0 unspecified atom stereocenters. The molecule has 1 aliphatic rings. The van der Waals surface area contributed by atoms with Crippen LogP contribution in [0.25, 0.3) is 0 Å². The first kappa shape index (κ1) is 20.7. The van der Waals surface area contributed by atoms with E-state index in [1.165, 1.54) is 10.6 Å². The quantitative estimate of drug-likeness (QED) is 0.364. The van der Waals surface area contributed by atoms with Crippen LogP contribution in [0.1, 0.15) is 5.56 Å². The number of hydrogen-bond acceptors (Lipinski definition) is 3. The van der Waals surface area contributed by atoms with Crippen LogP contribution in [0.3, 0.4) is 0 Å². The maximum Gasteiger partial charge on any atom is 0.132 e. The summed E-state index contributed by atoms with van der Waals surface area (Å²) in [6, 6.07) is 31.8. The molecule has 0 radical (unpaired) electrons. The Labute approximate surface area is 180 Å². The molecule has 0 bridgehead atoms. The lowest BCUT2D eigenvalue weighted by molar-refractivity contribution is 0.0394. The van der Waals surface area contributed by atoms with Crippen molar-refractivity contribution in [2.24, 2.45) is 4.99 Å². The van der Waals surface area contributed by atoms with Crippen LogP contribution in [-0.2, 0) is 4.74 Å². The van der Waals surface area contributed by atoms with Crippen molar-refractivity contribution in [1.82, 2.24) is 9.99 Å². The van der Waals surface area contributed by atoms with Crippen LogP contribution >= 0.6 is 8.07 Å². The lowest BCUT2D eigenvalue weighted by Gasteiger charge is -2.26. The van der Waals surface area contributed by atoms with E-state index >= 15 is 0 Å². The molecule has 1 aliphatic heterocycles. The number of rotatable bonds is 7. The van der Waals surface area contributed by atoms with Gasteiger partial charge in [0.25, 0.3) is 0 Å². The molecule has 3 aromatic rings. The summed E-state index contributed by atoms with van der Waals surface area (Å²) in [6.45, 7) is 5.34. The fourth-order valence-corrected chi connectivity index (χ4v) is 5.36. The zero-order valence-corrected chi connectivity index (χ0v) is 18.0. The molecule has 1 N–H and O–H groups in total. The molecule has 0 spiro atoms. The van der Waals surface area contributed by atoms with Crippen molar-refractivity contribution >= 4 is 24.5 Å². The summed E-state index contributed by atoms with van der Waals surface area (Å²) < 4.78 is 5.46. The van der Waals surface area contributed by atoms with Crippen molar-refractivity contribution in [3.8, 4) is 0 Å². The first-order valence-corrected chi connectivity index (χ1v) is 11.8. The third-order valence-corrected chi connectivity index (χ3v) is 7.15. The summed E-state index contributed by atoms with van der Waals surface area (Å²) in [6.07, 6.45) is 0. The highest BCUT2D eigenvalue weighted by molar-refractivity contribution is 7.71. The molecule has 1 saturated heterocycles. The molecule has 154 valence electrons. The standard InChI is InChI=1S/C25H28N3OP/c1-4-10-22(11-5-1)25(26-16-17-28-18-20-29-21-19-28)27-30(23-12-6-2-7-13-23)24-14-8-3-9-15-24/h1-15H,16-21H2,(H,26,27). The number of amidine groups is 1. The van der Waals surface area contributed by atoms with E-state index < -0.39 is 8.07 Å². The minimum Gasteiger partial charge on any atom is -0.379 e. The summed E-state index contributed by atoms with van der Waals surface area (Å²) >= 11 is 0. The first-order valence-electron chi connectivity index (χ1n) is 10.5. The second kappa shape index (κ2) is 11.0. The van der Waals surface area contributed by atoms with Gasteiger partial charge < -0.3 is 9.82 Å². The van der Waals surface area contributed by atoms with Gasteiger partial charge in [-0.1, -0.05) is 91.0 Å². The summed E-state index contributed by atoms with van der Waals surface area (Å²) in [5.74, 6) is 0.961. The minimum atomic E-state index is -0.759. The average Bonchev–Trinajstić information content (AvgIpc) is 2.83. The third kappa shape index (κ3) is 5.76. The molecule has 30 heavy (non-hydrogen) atoms. The van der Waals surface area contributed by atoms with E-state index in [1.54, 1.807) is 0 Å². The van der Waals surface area contributed by atoms with E-state index in [2.05, 4.69) is 94.9 Å². The lowest BCUT2D eigenvalue weighted by Crippen LogP contribution is -2.38.